The molecule has 1 amide bonds. The predicted molar refractivity (Wildman–Crippen MR) is 86.9 cm³/mol. The van der Waals surface area contributed by atoms with Crippen LogP contribution >= 0.6 is 11.5 Å². The molecule has 1 heterocycles. The first-order valence-corrected chi connectivity index (χ1v) is 7.48. The average Bonchev–Trinajstić information content (AvgIpc) is 2.82. The van der Waals surface area contributed by atoms with Gasteiger partial charge in [0.1, 0.15) is 4.88 Å². The number of aryl methyl sites for hydroxylation is 2. The topological polar surface area (TPSA) is 80.9 Å². The van der Waals surface area contributed by atoms with E-state index in [9.17, 15) is 4.79 Å². The molecule has 0 bridgehead atoms. The van der Waals surface area contributed by atoms with Gasteiger partial charge in [-0.05, 0) is 48.6 Å². The fraction of sp³-hybridized carbons (Fsp3) is 0.400. The summed E-state index contributed by atoms with van der Waals surface area (Å²) in [6.45, 7) is 9.89. The van der Waals surface area contributed by atoms with Gasteiger partial charge in [0.25, 0.3) is 5.91 Å². The molecule has 0 fully saturated rings. The van der Waals surface area contributed by atoms with Gasteiger partial charge in [0, 0.05) is 16.8 Å². The van der Waals surface area contributed by atoms with Gasteiger partial charge in [-0.1, -0.05) is 25.3 Å². The Labute approximate surface area is 128 Å². The molecule has 0 radical (unpaired) electrons. The van der Waals surface area contributed by atoms with Crippen molar-refractivity contribution in [3.8, 4) is 0 Å². The largest absolute Gasteiger partial charge is 0.399 e. The van der Waals surface area contributed by atoms with Gasteiger partial charge >= 0.3 is 0 Å². The summed E-state index contributed by atoms with van der Waals surface area (Å²) in [7, 11) is 0. The van der Waals surface area contributed by atoms with E-state index in [0.29, 0.717) is 10.6 Å². The quantitative estimate of drug-likeness (QED) is 0.834. The van der Waals surface area contributed by atoms with Crippen molar-refractivity contribution in [2.24, 2.45) is 0 Å². The number of anilines is 2. The third-order valence-corrected chi connectivity index (χ3v) is 3.92. The zero-order valence-corrected chi connectivity index (χ0v) is 13.8. The lowest BCUT2D eigenvalue weighted by molar-refractivity contribution is 0.102. The molecule has 3 N–H and O–H groups in total. The number of nitrogen functional groups attached to an aromatic ring is 1. The smallest absolute Gasteiger partial charge is 0.269 e. The van der Waals surface area contributed by atoms with Gasteiger partial charge in [0.05, 0.1) is 5.69 Å². The van der Waals surface area contributed by atoms with Gasteiger partial charge in [0.15, 0.2) is 0 Å². The summed E-state index contributed by atoms with van der Waals surface area (Å²) in [4.78, 5) is 13.1. The van der Waals surface area contributed by atoms with Crippen LogP contribution in [0.2, 0.25) is 0 Å². The number of aromatic nitrogens is 2. The number of nitrogens with two attached hydrogens (primary N) is 1. The van der Waals surface area contributed by atoms with Crippen LogP contribution in [0.1, 0.15) is 47.3 Å². The fourth-order valence-corrected chi connectivity index (χ4v) is 2.97. The number of amides is 1. The molecule has 0 aliphatic carbocycles. The summed E-state index contributed by atoms with van der Waals surface area (Å²) in [5, 5.41) is 7.05. The third kappa shape index (κ3) is 3.21. The van der Waals surface area contributed by atoms with E-state index < -0.39 is 0 Å². The van der Waals surface area contributed by atoms with Crippen LogP contribution in [0.5, 0.6) is 0 Å². The van der Waals surface area contributed by atoms with Crippen molar-refractivity contribution in [3.63, 3.8) is 0 Å². The second-order valence-electron chi connectivity index (χ2n) is 6.18. The van der Waals surface area contributed by atoms with Gasteiger partial charge < -0.3 is 11.1 Å². The monoisotopic (exact) mass is 304 g/mol. The highest BCUT2D eigenvalue weighted by Crippen LogP contribution is 2.28. The number of nitrogens with zero attached hydrogens (tertiary/aromatic N) is 2. The van der Waals surface area contributed by atoms with Gasteiger partial charge in [-0.25, -0.2) is 0 Å². The third-order valence-electron chi connectivity index (χ3n) is 3.20. The van der Waals surface area contributed by atoms with Crippen molar-refractivity contribution < 1.29 is 4.79 Å². The van der Waals surface area contributed by atoms with Crippen molar-refractivity contribution in [1.82, 2.24) is 9.59 Å². The normalized spacial score (nSPS) is 11.5. The highest BCUT2D eigenvalue weighted by Gasteiger charge is 2.26. The molecule has 0 unspecified atom stereocenters. The lowest BCUT2D eigenvalue weighted by atomic mass is 9.91. The highest BCUT2D eigenvalue weighted by molar-refractivity contribution is 7.08. The first-order valence-electron chi connectivity index (χ1n) is 6.71. The van der Waals surface area contributed by atoms with Gasteiger partial charge in [0.2, 0.25) is 0 Å². The lowest BCUT2D eigenvalue weighted by Gasteiger charge is -2.17. The molecule has 112 valence electrons. The highest BCUT2D eigenvalue weighted by atomic mass is 32.1. The Balaban J connectivity index is 2.34. The number of carbonyl (C=O) groups is 1. The molecule has 6 heteroatoms. The Morgan fingerprint density at radius 2 is 1.81 bits per heavy atom. The van der Waals surface area contributed by atoms with Crippen LogP contribution in [-0.2, 0) is 5.41 Å². The molecule has 0 saturated carbocycles. The molecule has 5 nitrogen and oxygen atoms in total. The lowest BCUT2D eigenvalue weighted by Crippen LogP contribution is -2.20. The maximum Gasteiger partial charge on any atom is 0.269 e. The summed E-state index contributed by atoms with van der Waals surface area (Å²) in [6.07, 6.45) is 0. The Hall–Kier alpha value is -1.95. The minimum Gasteiger partial charge on any atom is -0.399 e. The summed E-state index contributed by atoms with van der Waals surface area (Å²) in [5.41, 5.74) is 9.67. The molecular formula is C15H20N4OS. The SMILES string of the molecule is Cc1cc(N)cc(C)c1NC(=O)c1snnc1C(C)(C)C. The van der Waals surface area contributed by atoms with E-state index in [1.807, 2.05) is 46.8 Å². The molecule has 2 aromatic rings. The van der Waals surface area contributed by atoms with Crippen molar-refractivity contribution >= 4 is 28.8 Å². The van der Waals surface area contributed by atoms with Crippen LogP contribution in [0.3, 0.4) is 0 Å². The van der Waals surface area contributed by atoms with E-state index in [4.69, 9.17) is 5.73 Å². The standard InChI is InChI=1S/C15H20N4OS/c1-8-6-10(16)7-9(2)11(8)17-14(20)12-13(15(3,4)5)18-19-21-12/h6-7H,16H2,1-5H3,(H,17,20). The average molecular weight is 304 g/mol. The molecule has 0 atom stereocenters. The van der Waals surface area contributed by atoms with Crippen LogP contribution in [0, 0.1) is 13.8 Å². The van der Waals surface area contributed by atoms with Crippen LogP contribution < -0.4 is 11.1 Å². The van der Waals surface area contributed by atoms with Gasteiger partial charge in [-0.3, -0.25) is 4.79 Å². The number of rotatable bonds is 2. The summed E-state index contributed by atoms with van der Waals surface area (Å²) in [5.74, 6) is -0.175. The Morgan fingerprint density at radius 3 is 2.33 bits per heavy atom. The first kappa shape index (κ1) is 15.4. The van der Waals surface area contributed by atoms with E-state index in [1.165, 1.54) is 0 Å². The van der Waals surface area contributed by atoms with E-state index >= 15 is 0 Å². The molecular weight excluding hydrogens is 284 g/mol. The van der Waals surface area contributed by atoms with E-state index in [1.54, 1.807) is 0 Å². The predicted octanol–water partition coefficient (Wildman–Crippen LogP) is 3.29. The summed E-state index contributed by atoms with van der Waals surface area (Å²) < 4.78 is 3.92. The van der Waals surface area contributed by atoms with Crippen LogP contribution in [0.25, 0.3) is 0 Å². The number of carbonyl (C=O) groups excluding carboxylic acids is 1. The molecule has 0 aliphatic rings. The second kappa shape index (κ2) is 5.44. The minimum atomic E-state index is -0.217. The van der Waals surface area contributed by atoms with Crippen LogP contribution in [0.4, 0.5) is 11.4 Å². The Bertz CT molecular complexity index is 662. The number of benzene rings is 1. The Morgan fingerprint density at radius 1 is 1.24 bits per heavy atom. The Kier molecular flexibility index (Phi) is 4.00. The summed E-state index contributed by atoms with van der Waals surface area (Å²) >= 11 is 1.12. The fourth-order valence-electron chi connectivity index (χ4n) is 2.19. The number of hydrogen-bond acceptors (Lipinski definition) is 5. The van der Waals surface area contributed by atoms with E-state index in [2.05, 4.69) is 14.9 Å². The maximum absolute atomic E-state index is 12.5. The van der Waals surface area contributed by atoms with Crippen LogP contribution in [0.15, 0.2) is 12.1 Å². The molecule has 0 spiro atoms. The van der Waals surface area contributed by atoms with Gasteiger partial charge in [-0.15, -0.1) is 5.10 Å². The van der Waals surface area contributed by atoms with Crippen molar-refractivity contribution in [2.45, 2.75) is 40.0 Å². The van der Waals surface area contributed by atoms with E-state index in [-0.39, 0.29) is 11.3 Å². The van der Waals surface area contributed by atoms with E-state index in [0.717, 1.165) is 34.0 Å². The van der Waals surface area contributed by atoms with Crippen molar-refractivity contribution in [3.05, 3.63) is 33.8 Å². The molecule has 0 saturated heterocycles. The number of hydrogen-bond donors (Lipinski definition) is 2. The summed E-state index contributed by atoms with van der Waals surface area (Å²) in [6, 6.07) is 3.69. The minimum absolute atomic E-state index is 0.175. The van der Waals surface area contributed by atoms with Crippen molar-refractivity contribution in [1.29, 1.82) is 0 Å². The molecule has 2 rings (SSSR count). The molecule has 21 heavy (non-hydrogen) atoms. The number of nitrogens with one attached hydrogen (secondary N) is 1. The molecule has 1 aromatic carbocycles. The zero-order valence-electron chi connectivity index (χ0n) is 12.9. The molecule has 0 aliphatic heterocycles. The van der Waals surface area contributed by atoms with Crippen molar-refractivity contribution in [2.75, 3.05) is 11.1 Å². The maximum atomic E-state index is 12.5. The molecule has 1 aromatic heterocycles. The zero-order chi connectivity index (χ0) is 15.8. The van der Waals surface area contributed by atoms with Crippen LogP contribution in [-0.4, -0.2) is 15.5 Å². The van der Waals surface area contributed by atoms with Gasteiger partial charge in [-0.2, -0.15) is 0 Å². The first-order chi connectivity index (χ1) is 9.70. The second-order valence-corrected chi connectivity index (χ2v) is 6.94.